The zero-order chi connectivity index (χ0) is 10.1. The molecule has 1 saturated heterocycles. The van der Waals surface area contributed by atoms with Crippen molar-refractivity contribution < 1.29 is 13.2 Å². The normalized spacial score (nSPS) is 24.2. The van der Waals surface area contributed by atoms with Gasteiger partial charge >= 0.3 is 6.18 Å². The first kappa shape index (κ1) is 14.0. The zero-order valence-corrected chi connectivity index (χ0v) is 9.26. The number of nitrogens with one attached hydrogen (secondary N) is 1. The molecule has 0 amide bonds. The van der Waals surface area contributed by atoms with Gasteiger partial charge in [0.2, 0.25) is 0 Å². The van der Waals surface area contributed by atoms with Crippen molar-refractivity contribution in [1.29, 1.82) is 0 Å². The third-order valence-corrected chi connectivity index (χ3v) is 2.91. The molecule has 1 fully saturated rings. The van der Waals surface area contributed by atoms with E-state index >= 15 is 0 Å². The molecule has 0 bridgehead atoms. The monoisotopic (exact) mass is 231 g/mol. The highest BCUT2D eigenvalue weighted by Crippen LogP contribution is 2.42. The first-order valence-corrected chi connectivity index (χ1v) is 4.66. The van der Waals surface area contributed by atoms with Gasteiger partial charge in [-0.1, -0.05) is 6.42 Å². The van der Waals surface area contributed by atoms with Gasteiger partial charge in [0.05, 0.1) is 5.41 Å². The van der Waals surface area contributed by atoms with Crippen molar-refractivity contribution in [2.75, 3.05) is 6.54 Å². The van der Waals surface area contributed by atoms with Crippen LogP contribution in [0.1, 0.15) is 33.1 Å². The minimum absolute atomic E-state index is 0. The summed E-state index contributed by atoms with van der Waals surface area (Å²) in [4.78, 5) is 0. The second kappa shape index (κ2) is 4.71. The minimum Gasteiger partial charge on any atom is -0.313 e. The van der Waals surface area contributed by atoms with Crippen LogP contribution < -0.4 is 5.32 Å². The molecule has 1 heterocycles. The van der Waals surface area contributed by atoms with Crippen LogP contribution in [0.5, 0.6) is 0 Å². The van der Waals surface area contributed by atoms with Crippen LogP contribution in [-0.4, -0.2) is 18.8 Å². The largest absolute Gasteiger partial charge is 0.395 e. The Kier molecular flexibility index (Phi) is 4.72. The zero-order valence-electron chi connectivity index (χ0n) is 8.45. The Bertz CT molecular complexity index is 173. The highest BCUT2D eigenvalue weighted by atomic mass is 35.5. The van der Waals surface area contributed by atoms with Crippen LogP contribution in [-0.2, 0) is 0 Å². The highest BCUT2D eigenvalue weighted by molar-refractivity contribution is 5.85. The molecule has 1 aliphatic rings. The summed E-state index contributed by atoms with van der Waals surface area (Å²) >= 11 is 0. The molecule has 0 aliphatic carbocycles. The summed E-state index contributed by atoms with van der Waals surface area (Å²) in [5, 5.41) is 2.95. The van der Waals surface area contributed by atoms with Crippen LogP contribution in [0.3, 0.4) is 0 Å². The topological polar surface area (TPSA) is 12.0 Å². The van der Waals surface area contributed by atoms with Gasteiger partial charge in [0.1, 0.15) is 0 Å². The van der Waals surface area contributed by atoms with Crippen LogP contribution in [0.15, 0.2) is 0 Å². The summed E-state index contributed by atoms with van der Waals surface area (Å²) in [5.74, 6) is 0. The van der Waals surface area contributed by atoms with E-state index in [1.165, 1.54) is 13.8 Å². The maximum atomic E-state index is 12.6. The highest BCUT2D eigenvalue weighted by Gasteiger charge is 2.52. The molecule has 0 aromatic rings. The van der Waals surface area contributed by atoms with E-state index in [-0.39, 0.29) is 12.4 Å². The molecule has 1 N–H and O–H groups in total. The first-order valence-electron chi connectivity index (χ1n) is 4.66. The fraction of sp³-hybridized carbons (Fsp3) is 1.00. The smallest absolute Gasteiger partial charge is 0.313 e. The molecule has 0 saturated carbocycles. The first-order chi connectivity index (χ1) is 5.86. The molecular formula is C9H17ClF3N. The fourth-order valence-electron chi connectivity index (χ4n) is 1.67. The lowest BCUT2D eigenvalue weighted by Gasteiger charge is -2.38. The molecule has 1 unspecified atom stereocenters. The van der Waals surface area contributed by atoms with E-state index in [4.69, 9.17) is 0 Å². The lowest BCUT2D eigenvalue weighted by atomic mass is 9.79. The predicted octanol–water partition coefficient (Wildman–Crippen LogP) is 3.14. The predicted molar refractivity (Wildman–Crippen MR) is 52.7 cm³/mol. The van der Waals surface area contributed by atoms with Crippen LogP contribution in [0, 0.1) is 5.41 Å². The van der Waals surface area contributed by atoms with Crippen molar-refractivity contribution in [3.8, 4) is 0 Å². The number of hydrogen-bond acceptors (Lipinski definition) is 1. The van der Waals surface area contributed by atoms with Gasteiger partial charge in [-0.15, -0.1) is 12.4 Å². The number of alkyl halides is 3. The van der Waals surface area contributed by atoms with E-state index in [0.717, 1.165) is 12.8 Å². The second-order valence-electron chi connectivity index (χ2n) is 4.22. The van der Waals surface area contributed by atoms with Crippen LogP contribution in [0.25, 0.3) is 0 Å². The average molecular weight is 232 g/mol. The van der Waals surface area contributed by atoms with Gasteiger partial charge in [-0.25, -0.2) is 0 Å². The summed E-state index contributed by atoms with van der Waals surface area (Å²) in [6, 6.07) is -0.416. The summed E-state index contributed by atoms with van der Waals surface area (Å²) in [7, 11) is 0. The van der Waals surface area contributed by atoms with Crippen LogP contribution in [0.2, 0.25) is 0 Å². The molecular weight excluding hydrogens is 215 g/mol. The Morgan fingerprint density at radius 2 is 1.71 bits per heavy atom. The quantitative estimate of drug-likeness (QED) is 0.731. The number of piperidine rings is 1. The third-order valence-electron chi connectivity index (χ3n) is 2.91. The summed E-state index contributed by atoms with van der Waals surface area (Å²) in [6.45, 7) is 3.26. The van der Waals surface area contributed by atoms with E-state index in [0.29, 0.717) is 13.0 Å². The molecule has 1 nitrogen and oxygen atoms in total. The van der Waals surface area contributed by atoms with Crippen LogP contribution in [0.4, 0.5) is 13.2 Å². The Morgan fingerprint density at radius 3 is 2.07 bits per heavy atom. The van der Waals surface area contributed by atoms with Crippen molar-refractivity contribution in [3.05, 3.63) is 0 Å². The SMILES string of the molecule is CC(C)(C1CCCCN1)C(F)(F)F.Cl. The number of halogens is 4. The lowest BCUT2D eigenvalue weighted by Crippen LogP contribution is -2.52. The Hall–Kier alpha value is 0.0400. The maximum absolute atomic E-state index is 12.6. The average Bonchev–Trinajstić information content (AvgIpc) is 2.04. The molecule has 0 aromatic carbocycles. The van der Waals surface area contributed by atoms with Gasteiger partial charge in [0.15, 0.2) is 0 Å². The van der Waals surface area contributed by atoms with Gasteiger partial charge in [0, 0.05) is 6.04 Å². The van der Waals surface area contributed by atoms with Gasteiger partial charge in [-0.05, 0) is 33.2 Å². The van der Waals surface area contributed by atoms with Crippen molar-refractivity contribution in [2.24, 2.45) is 5.41 Å². The molecule has 1 aliphatic heterocycles. The van der Waals surface area contributed by atoms with Crippen molar-refractivity contribution in [3.63, 3.8) is 0 Å². The Balaban J connectivity index is 0.00000169. The molecule has 86 valence electrons. The van der Waals surface area contributed by atoms with E-state index in [9.17, 15) is 13.2 Å². The number of hydrogen-bond donors (Lipinski definition) is 1. The third kappa shape index (κ3) is 2.76. The van der Waals surface area contributed by atoms with Gasteiger partial charge in [-0.2, -0.15) is 13.2 Å². The Morgan fingerprint density at radius 1 is 1.14 bits per heavy atom. The molecule has 1 rings (SSSR count). The molecule has 14 heavy (non-hydrogen) atoms. The standard InChI is InChI=1S/C9H16F3N.ClH/c1-8(2,9(10,11)12)7-5-3-4-6-13-7;/h7,13H,3-6H2,1-2H3;1H. The maximum Gasteiger partial charge on any atom is 0.395 e. The second-order valence-corrected chi connectivity index (χ2v) is 4.22. The van der Waals surface area contributed by atoms with E-state index in [1.807, 2.05) is 0 Å². The van der Waals surface area contributed by atoms with Gasteiger partial charge in [-0.3, -0.25) is 0 Å². The molecule has 0 spiro atoms. The summed E-state index contributed by atoms with van der Waals surface area (Å²) in [6.07, 6.45) is -1.59. The Labute approximate surface area is 88.9 Å². The van der Waals surface area contributed by atoms with Crippen molar-refractivity contribution in [1.82, 2.24) is 5.32 Å². The lowest BCUT2D eigenvalue weighted by molar-refractivity contribution is -0.223. The molecule has 0 radical (unpaired) electrons. The molecule has 0 aromatic heterocycles. The minimum atomic E-state index is -4.11. The van der Waals surface area contributed by atoms with Gasteiger partial charge in [0.25, 0.3) is 0 Å². The summed E-state index contributed by atoms with van der Waals surface area (Å²) < 4.78 is 37.7. The van der Waals surface area contributed by atoms with Crippen LogP contribution >= 0.6 is 12.4 Å². The van der Waals surface area contributed by atoms with Crippen molar-refractivity contribution >= 4 is 12.4 Å². The van der Waals surface area contributed by atoms with Gasteiger partial charge < -0.3 is 5.32 Å². The van der Waals surface area contributed by atoms with E-state index in [1.54, 1.807) is 0 Å². The molecule has 5 heteroatoms. The summed E-state index contributed by atoms with van der Waals surface area (Å²) in [5.41, 5.74) is -1.60. The van der Waals surface area contributed by atoms with Crippen molar-refractivity contribution in [2.45, 2.75) is 45.3 Å². The van der Waals surface area contributed by atoms with E-state index in [2.05, 4.69) is 5.32 Å². The fourth-order valence-corrected chi connectivity index (χ4v) is 1.67. The van der Waals surface area contributed by atoms with E-state index < -0.39 is 17.6 Å². The number of rotatable bonds is 1. The molecule has 1 atom stereocenters.